The molecular weight excluding hydrogens is 1910 g/mol. The van der Waals surface area contributed by atoms with Gasteiger partial charge in [-0.2, -0.15) is 0 Å². The number of aliphatic carboxylic acids is 5. The number of carbonyl (C=O) groups is 11. The summed E-state index contributed by atoms with van der Waals surface area (Å²) in [6.07, 6.45) is -0.205. The summed E-state index contributed by atoms with van der Waals surface area (Å²) in [5, 5.41) is 55.8. The first-order valence-electron chi connectivity index (χ1n) is 38.3. The van der Waals surface area contributed by atoms with Gasteiger partial charge in [-0.3, -0.25) is 43.2 Å². The first-order valence-corrected chi connectivity index (χ1v) is 44.3. The van der Waals surface area contributed by atoms with Crippen molar-refractivity contribution in [3.05, 3.63) is 330 Å². The Labute approximate surface area is 789 Å². The molecule has 28 nitrogen and oxygen atoms in total. The minimum Gasteiger partial charge on any atom is -0.481 e. The molecule has 5 unspecified atom stereocenters. The van der Waals surface area contributed by atoms with E-state index < -0.39 is 106 Å². The van der Waals surface area contributed by atoms with Crippen LogP contribution in [0.5, 0.6) is 0 Å². The van der Waals surface area contributed by atoms with E-state index in [-0.39, 0.29) is 89.4 Å². The normalized spacial score (nSPS) is 11.7. The maximum Gasteiger partial charge on any atom is 0.340 e. The second kappa shape index (κ2) is 49.2. The van der Waals surface area contributed by atoms with Crippen LogP contribution < -0.4 is 49.7 Å². The summed E-state index contributed by atoms with van der Waals surface area (Å²) in [4.78, 5) is 160. The van der Waals surface area contributed by atoms with Crippen molar-refractivity contribution in [3.8, 4) is 5.69 Å². The number of benzene rings is 7. The smallest absolute Gasteiger partial charge is 0.340 e. The van der Waals surface area contributed by atoms with E-state index in [1.54, 1.807) is 97.1 Å². The van der Waals surface area contributed by atoms with Gasteiger partial charge in [0.2, 0.25) is 0 Å². The lowest BCUT2D eigenvalue weighted by Gasteiger charge is -2.13. The molecule has 0 aliphatic heterocycles. The molecule has 0 radical (unpaired) electrons. The second-order valence-corrected chi connectivity index (χ2v) is 36.9. The number of fused-ring (bicyclic) bond motifs is 1. The predicted molar refractivity (Wildman–Crippen MR) is 504 cm³/mol. The summed E-state index contributed by atoms with van der Waals surface area (Å²) in [5.41, 5.74) is 21.3. The lowest BCUT2D eigenvalue weighted by molar-refractivity contribution is -0.141. The molecule has 6 aromatic heterocycles. The van der Waals surface area contributed by atoms with Gasteiger partial charge in [-0.25, -0.2) is 36.9 Å². The molecule has 684 valence electrons. The Morgan fingerprint density at radius 1 is 0.458 bits per heavy atom. The van der Waals surface area contributed by atoms with E-state index in [0.29, 0.717) is 86.3 Å². The van der Waals surface area contributed by atoms with Crippen molar-refractivity contribution in [3.63, 3.8) is 0 Å². The minimum absolute atomic E-state index is 0.00810. The monoisotopic (exact) mass is 1980 g/mol. The van der Waals surface area contributed by atoms with Gasteiger partial charge < -0.3 is 73.7 Å². The molecule has 13 aromatic rings. The number of aromatic nitrogens is 2. The van der Waals surface area contributed by atoms with E-state index in [2.05, 4.69) is 31.0 Å². The molecule has 7 aromatic carbocycles. The molecule has 0 aliphatic carbocycles. The molecule has 6 heterocycles. The number of ketones is 3. The number of ether oxygens (including phenoxy) is 1. The number of hydrogen-bond acceptors (Lipinski definition) is 23. The van der Waals surface area contributed by atoms with Crippen LogP contribution in [-0.4, -0.2) is 114 Å². The van der Waals surface area contributed by atoms with Crippen LogP contribution in [-0.2, 0) is 62.4 Å². The quantitative estimate of drug-likeness (QED) is 0.0153. The predicted octanol–water partition coefficient (Wildman–Crippen LogP) is 19.1. The van der Waals surface area contributed by atoms with Gasteiger partial charge in [0.15, 0.2) is 17.7 Å². The van der Waals surface area contributed by atoms with E-state index in [0.717, 1.165) is 68.6 Å². The van der Waals surface area contributed by atoms with Crippen LogP contribution in [0.4, 0.5) is 46.4 Å². The summed E-state index contributed by atoms with van der Waals surface area (Å²) in [5.74, 6) is -13.5. The van der Waals surface area contributed by atoms with Crippen molar-refractivity contribution >= 4 is 219 Å². The van der Waals surface area contributed by atoms with Crippen LogP contribution in [0.15, 0.2) is 216 Å². The molecule has 3 amide bonds. The van der Waals surface area contributed by atoms with Crippen molar-refractivity contribution in [2.45, 2.75) is 82.2 Å². The number of esters is 1. The number of amides is 3. The molecule has 0 aliphatic rings. The van der Waals surface area contributed by atoms with Gasteiger partial charge in [0.05, 0.1) is 80.1 Å². The van der Waals surface area contributed by atoms with E-state index in [1.165, 1.54) is 77.7 Å². The standard InChI is InChI=1S/C24H19ClF2N2O6S.C24H19ClFN3O5S.C16H15ClO3S.C13H11ClN2O3S.C7H9N.C6H6ClNO2S/c1-35-23(33)15-10-17(26)18(27)11-19(15)29-24(34)28-13-4-2-12(3-5-13)8-14(30)9-16(22(31)32)20-6-7-21(25)36-20;1-27-19-11-18-15(10-17(19)26)22(31)29(24(34)28-18)13-4-2-12(3-5-13)8-14(30)9-16(23(32)33)20-6-7-21(25)35-20;1-10-2-4-11(5-3-10)8-12(18)9-13(16(19)20)14-6-7-15(17)21-14;14-10-6-5-9(20-10)11(13(18)19)16-12(17)7-1-3-8(15)4-2-7;1-6-2-4-7(8)5-3-6;7-4-2-1-3(11-4)5(8)6(9)10/h2-7,10-11,16H,8-9H2,1H3,(H,31,32)(H2,28,29,34);2-7,10-11,16,27H,8-9H2,1H3,(H,28,34)(H,32,33);2-7,13H,8-9H2,1H3,(H,19,20);1-6,11H,15H2,(H,16,17)(H,18,19);2-5H,8H2,1H3;1-2,5H,8H2,(H,9,10). The van der Waals surface area contributed by atoms with E-state index in [4.69, 9.17) is 80.3 Å². The molecular formula is C90H79Cl5F3N9O19S5. The maximum atomic E-state index is 14.2. The van der Waals surface area contributed by atoms with Crippen LogP contribution in [0.1, 0.15) is 122 Å². The van der Waals surface area contributed by atoms with Crippen LogP contribution in [0.2, 0.25) is 21.7 Å². The molecule has 0 bridgehead atoms. The third-order valence-electron chi connectivity index (χ3n) is 18.5. The number of aromatic amines is 1. The number of anilines is 5. The highest BCUT2D eigenvalue weighted by Gasteiger charge is 2.30. The highest BCUT2D eigenvalue weighted by molar-refractivity contribution is 7.17. The first kappa shape index (κ1) is 104. The number of urea groups is 1. The molecule has 13 rings (SSSR count). The van der Waals surface area contributed by atoms with Gasteiger partial charge in [-0.1, -0.05) is 130 Å². The molecule has 0 saturated heterocycles. The zero-order valence-electron chi connectivity index (χ0n) is 69.0. The highest BCUT2D eigenvalue weighted by Crippen LogP contribution is 2.36. The molecule has 0 fully saturated rings. The Bertz CT molecular complexity index is 6390. The van der Waals surface area contributed by atoms with Gasteiger partial charge in [0, 0.05) is 98.7 Å². The summed E-state index contributed by atoms with van der Waals surface area (Å²) in [6.45, 7) is 4.02. The van der Waals surface area contributed by atoms with Gasteiger partial charge in [-0.15, -0.1) is 56.7 Å². The van der Waals surface area contributed by atoms with Crippen LogP contribution in [0.25, 0.3) is 16.6 Å². The van der Waals surface area contributed by atoms with E-state index >= 15 is 0 Å². The number of hydrogen-bond donors (Lipinski definition) is 13. The van der Waals surface area contributed by atoms with Crippen molar-refractivity contribution in [1.82, 2.24) is 14.9 Å². The molecule has 16 N–H and O–H groups in total. The fraction of sp³-hybridized carbons (Fsp3) is 0.167. The number of Topliss-reactive ketones (excluding diaryl/α,β-unsaturated/α-hetero) is 3. The number of nitrogens with zero attached hydrogens (tertiary/aromatic N) is 1. The zero-order valence-corrected chi connectivity index (χ0v) is 76.8. The Morgan fingerprint density at radius 3 is 1.23 bits per heavy atom. The summed E-state index contributed by atoms with van der Waals surface area (Å²) in [7, 11) is 2.58. The number of nitrogens with one attached hydrogen (secondary N) is 5. The molecule has 0 spiro atoms. The molecule has 0 saturated carbocycles. The van der Waals surface area contributed by atoms with Crippen molar-refractivity contribution in [2.24, 2.45) is 5.73 Å². The van der Waals surface area contributed by atoms with Crippen LogP contribution in [0, 0.1) is 31.3 Å². The number of thiophene rings is 5. The third kappa shape index (κ3) is 31.5. The molecule has 41 heteroatoms. The number of H-pyrrole nitrogens is 1. The van der Waals surface area contributed by atoms with E-state index in [1.807, 2.05) is 62.4 Å². The van der Waals surface area contributed by atoms with Gasteiger partial charge in [-0.05, 0) is 170 Å². The number of carboxylic acid groups (broad SMARTS) is 5. The number of halogens is 8. The van der Waals surface area contributed by atoms with Gasteiger partial charge in [0.1, 0.15) is 29.2 Å². The third-order valence-corrected chi connectivity index (χ3v) is 25.2. The van der Waals surface area contributed by atoms with Crippen molar-refractivity contribution < 1.29 is 96.2 Å². The van der Waals surface area contributed by atoms with E-state index in [9.17, 15) is 95.9 Å². The number of aryl methyl sites for hydroxylation is 2. The lowest BCUT2D eigenvalue weighted by Crippen LogP contribution is -2.33. The Balaban J connectivity index is 0.000000206. The largest absolute Gasteiger partial charge is 0.481 e. The van der Waals surface area contributed by atoms with Crippen molar-refractivity contribution in [2.75, 3.05) is 41.6 Å². The number of nitrogen functional groups attached to an aromatic ring is 2. The maximum absolute atomic E-state index is 14.2. The Kier molecular flexibility index (Phi) is 38.9. The summed E-state index contributed by atoms with van der Waals surface area (Å²) in [6, 6.07) is 50.8. The number of rotatable bonds is 29. The van der Waals surface area contributed by atoms with Crippen LogP contribution in [0.3, 0.4) is 0 Å². The number of nitrogens with two attached hydrogens (primary N) is 3. The second-order valence-electron chi connectivity index (χ2n) is 28.2. The minimum atomic E-state index is -1.28. The molecule has 5 atom stereocenters. The van der Waals surface area contributed by atoms with Crippen molar-refractivity contribution in [1.29, 1.82) is 0 Å². The SMILES string of the molecule is CNc1cc2[nH]c(=O)n(-c3ccc(CC(=O)CC(C(=O)O)c4ccc(Cl)s4)cc3)c(=O)c2cc1F.COC(=O)c1cc(F)c(F)cc1NC(=O)Nc1ccc(CC(=O)CC(C(=O)O)c2ccc(Cl)s2)cc1.Cc1ccc(CC(=O)CC(C(=O)O)c2ccc(Cl)s2)cc1.Cc1ccc(N)cc1.NC(C(=O)O)c1ccc(Cl)s1.Nc1ccc(C(=O)NC(C(=O)O)c2ccc(Cl)s2)cc1. The lowest BCUT2D eigenvalue weighted by atomic mass is 9.97. The topological polar surface area (TPSA) is 479 Å². The van der Waals surface area contributed by atoms with Gasteiger partial charge in [0.25, 0.3) is 11.5 Å². The fourth-order valence-electron chi connectivity index (χ4n) is 11.9. The highest BCUT2D eigenvalue weighted by atomic mass is 35.5. The number of carbonyl (C=O) groups excluding carboxylic acids is 6. The van der Waals surface area contributed by atoms with Gasteiger partial charge >= 0.3 is 47.5 Å². The molecule has 131 heavy (non-hydrogen) atoms. The fourth-order valence-corrected chi connectivity index (χ4v) is 17.5. The average molecular weight is 1990 g/mol. The Morgan fingerprint density at radius 2 is 0.847 bits per heavy atom. The summed E-state index contributed by atoms with van der Waals surface area (Å²) >= 11 is 34.7. The Hall–Kier alpha value is -12.9. The number of methoxy groups -OCH3 is 1. The average Bonchev–Trinajstić information content (AvgIpc) is 1.11. The number of carboxylic acids is 5. The zero-order chi connectivity index (χ0) is 96.2. The van der Waals surface area contributed by atoms with Crippen LogP contribution >= 0.6 is 115 Å². The first-order chi connectivity index (χ1) is 62.1. The summed E-state index contributed by atoms with van der Waals surface area (Å²) < 4.78 is 49.1.